The maximum atomic E-state index is 11.2. The molecular weight excluding hydrogens is 212 g/mol. The number of nitrogens with one attached hydrogen (secondary N) is 2. The van der Waals surface area contributed by atoms with Crippen LogP contribution in [0.2, 0.25) is 0 Å². The highest BCUT2D eigenvalue weighted by Crippen LogP contribution is 1.90. The van der Waals surface area contributed by atoms with Gasteiger partial charge in [0.2, 0.25) is 0 Å². The Bertz CT molecular complexity index is 272. The minimum absolute atomic E-state index is 0.0474. The van der Waals surface area contributed by atoms with Crippen molar-refractivity contribution in [3.63, 3.8) is 0 Å². The second kappa shape index (κ2) is 8.56. The number of ether oxygens (including phenoxy) is 1. The Morgan fingerprint density at radius 1 is 1.56 bits per heavy atom. The van der Waals surface area contributed by atoms with Crippen molar-refractivity contribution < 1.29 is 19.4 Å². The van der Waals surface area contributed by atoms with Crippen molar-refractivity contribution in [3.05, 3.63) is 0 Å². The Labute approximate surface area is 94.4 Å². The van der Waals surface area contributed by atoms with Crippen LogP contribution < -0.4 is 10.6 Å². The van der Waals surface area contributed by atoms with Gasteiger partial charge in [-0.3, -0.25) is 0 Å². The van der Waals surface area contributed by atoms with Crippen LogP contribution in [0.25, 0.3) is 0 Å². The molecule has 16 heavy (non-hydrogen) atoms. The lowest BCUT2D eigenvalue weighted by molar-refractivity contribution is -0.139. The molecule has 0 spiro atoms. The van der Waals surface area contributed by atoms with Crippen molar-refractivity contribution in [1.29, 1.82) is 0 Å². The van der Waals surface area contributed by atoms with E-state index in [-0.39, 0.29) is 6.42 Å². The minimum Gasteiger partial charge on any atom is -0.480 e. The Morgan fingerprint density at radius 2 is 2.25 bits per heavy atom. The van der Waals surface area contributed by atoms with E-state index in [1.807, 2.05) is 6.92 Å². The van der Waals surface area contributed by atoms with Crippen molar-refractivity contribution in [3.8, 4) is 12.3 Å². The topological polar surface area (TPSA) is 87.7 Å². The lowest BCUT2D eigenvalue weighted by atomic mass is 10.2. The van der Waals surface area contributed by atoms with E-state index in [4.69, 9.17) is 16.3 Å². The zero-order chi connectivity index (χ0) is 12.4. The van der Waals surface area contributed by atoms with Crippen LogP contribution >= 0.6 is 0 Å². The van der Waals surface area contributed by atoms with Gasteiger partial charge in [0.15, 0.2) is 0 Å². The van der Waals surface area contributed by atoms with E-state index in [1.54, 1.807) is 0 Å². The molecule has 90 valence electrons. The van der Waals surface area contributed by atoms with Crippen molar-refractivity contribution in [2.24, 2.45) is 0 Å². The fourth-order valence-electron chi connectivity index (χ4n) is 0.908. The van der Waals surface area contributed by atoms with Crippen LogP contribution in [0.4, 0.5) is 4.79 Å². The summed E-state index contributed by atoms with van der Waals surface area (Å²) in [6.45, 7) is 3.12. The van der Waals surface area contributed by atoms with E-state index in [1.165, 1.54) is 0 Å². The highest BCUT2D eigenvalue weighted by molar-refractivity contribution is 5.82. The van der Waals surface area contributed by atoms with Crippen LogP contribution in [0.1, 0.15) is 13.3 Å². The highest BCUT2D eigenvalue weighted by atomic mass is 16.5. The SMILES string of the molecule is C#CCC(NC(=O)NCCOCC)C(=O)O. The first kappa shape index (κ1) is 14.3. The Balaban J connectivity index is 3.83. The Morgan fingerprint density at radius 3 is 2.75 bits per heavy atom. The number of carbonyl (C=O) groups is 2. The number of hydrogen-bond donors (Lipinski definition) is 3. The van der Waals surface area contributed by atoms with E-state index in [9.17, 15) is 9.59 Å². The number of terminal acetylenes is 1. The summed E-state index contributed by atoms with van der Waals surface area (Å²) in [6, 6.07) is -1.63. The minimum atomic E-state index is -1.15. The molecule has 0 radical (unpaired) electrons. The van der Waals surface area contributed by atoms with Gasteiger partial charge in [-0.25, -0.2) is 9.59 Å². The third-order valence-electron chi connectivity index (χ3n) is 1.66. The zero-order valence-corrected chi connectivity index (χ0v) is 9.16. The van der Waals surface area contributed by atoms with Crippen LogP contribution in [0.5, 0.6) is 0 Å². The first-order valence-electron chi connectivity index (χ1n) is 4.90. The maximum absolute atomic E-state index is 11.2. The number of rotatable bonds is 7. The van der Waals surface area contributed by atoms with Gasteiger partial charge in [0.05, 0.1) is 6.61 Å². The third-order valence-corrected chi connectivity index (χ3v) is 1.66. The molecule has 0 aromatic carbocycles. The van der Waals surface area contributed by atoms with Gasteiger partial charge < -0.3 is 20.5 Å². The van der Waals surface area contributed by atoms with Crippen LogP contribution in [-0.2, 0) is 9.53 Å². The van der Waals surface area contributed by atoms with Gasteiger partial charge in [-0.05, 0) is 6.92 Å². The first-order chi connectivity index (χ1) is 7.61. The average molecular weight is 228 g/mol. The molecule has 0 saturated heterocycles. The molecule has 6 nitrogen and oxygen atoms in total. The molecule has 2 amide bonds. The molecule has 0 aliphatic heterocycles. The summed E-state index contributed by atoms with van der Waals surface area (Å²) >= 11 is 0. The molecule has 0 saturated carbocycles. The predicted molar refractivity (Wildman–Crippen MR) is 57.9 cm³/mol. The molecule has 3 N–H and O–H groups in total. The van der Waals surface area contributed by atoms with Crippen molar-refractivity contribution in [1.82, 2.24) is 10.6 Å². The van der Waals surface area contributed by atoms with Gasteiger partial charge >= 0.3 is 12.0 Å². The second-order valence-corrected chi connectivity index (χ2v) is 2.90. The van der Waals surface area contributed by atoms with Gasteiger partial charge in [-0.2, -0.15) is 0 Å². The predicted octanol–water partition coefficient (Wildman–Crippen LogP) is -0.201. The molecule has 0 rings (SSSR count). The van der Waals surface area contributed by atoms with Crippen molar-refractivity contribution in [2.45, 2.75) is 19.4 Å². The molecule has 1 atom stereocenters. The molecule has 0 bridgehead atoms. The van der Waals surface area contributed by atoms with Crippen LogP contribution in [-0.4, -0.2) is 42.9 Å². The molecule has 0 aromatic heterocycles. The summed E-state index contributed by atoms with van der Waals surface area (Å²) < 4.78 is 4.99. The number of urea groups is 1. The lowest BCUT2D eigenvalue weighted by Crippen LogP contribution is -2.46. The molecule has 0 aromatic rings. The zero-order valence-electron chi connectivity index (χ0n) is 9.16. The monoisotopic (exact) mass is 228 g/mol. The fourth-order valence-corrected chi connectivity index (χ4v) is 0.908. The van der Waals surface area contributed by atoms with E-state index in [2.05, 4.69) is 16.6 Å². The van der Waals surface area contributed by atoms with Crippen molar-refractivity contribution >= 4 is 12.0 Å². The molecule has 0 heterocycles. The van der Waals surface area contributed by atoms with Gasteiger partial charge in [-0.15, -0.1) is 12.3 Å². The first-order valence-corrected chi connectivity index (χ1v) is 4.90. The van der Waals surface area contributed by atoms with Gasteiger partial charge in [0.25, 0.3) is 0 Å². The van der Waals surface area contributed by atoms with Crippen LogP contribution in [0.3, 0.4) is 0 Å². The molecule has 0 fully saturated rings. The average Bonchev–Trinajstić information content (AvgIpc) is 2.23. The normalized spacial score (nSPS) is 11.2. The van der Waals surface area contributed by atoms with E-state index in [0.717, 1.165) is 0 Å². The molecule has 1 unspecified atom stereocenters. The molecule has 0 aliphatic carbocycles. The number of amides is 2. The number of hydrogen-bond acceptors (Lipinski definition) is 3. The molecular formula is C10H16N2O4. The Kier molecular flexibility index (Phi) is 7.63. The summed E-state index contributed by atoms with van der Waals surface area (Å²) in [6.07, 6.45) is 4.93. The summed E-state index contributed by atoms with van der Waals surface area (Å²) in [5.41, 5.74) is 0. The standard InChI is InChI=1S/C10H16N2O4/c1-3-5-8(9(13)14)12-10(15)11-6-7-16-4-2/h1,8H,4-7H2,2H3,(H,13,14)(H2,11,12,15). The fraction of sp³-hybridized carbons (Fsp3) is 0.600. The van der Waals surface area contributed by atoms with Crippen molar-refractivity contribution in [2.75, 3.05) is 19.8 Å². The molecule has 0 aliphatic rings. The summed E-state index contributed by atoms with van der Waals surface area (Å²) in [7, 11) is 0. The summed E-state index contributed by atoms with van der Waals surface area (Å²) in [5, 5.41) is 13.4. The smallest absolute Gasteiger partial charge is 0.327 e. The number of carboxylic acids is 1. The number of carbonyl (C=O) groups excluding carboxylic acids is 1. The van der Waals surface area contributed by atoms with Gasteiger partial charge in [-0.1, -0.05) is 0 Å². The quantitative estimate of drug-likeness (QED) is 0.416. The van der Waals surface area contributed by atoms with Gasteiger partial charge in [0, 0.05) is 19.6 Å². The van der Waals surface area contributed by atoms with Crippen LogP contribution in [0.15, 0.2) is 0 Å². The highest BCUT2D eigenvalue weighted by Gasteiger charge is 2.17. The van der Waals surface area contributed by atoms with Gasteiger partial charge in [0.1, 0.15) is 6.04 Å². The lowest BCUT2D eigenvalue weighted by Gasteiger charge is -2.12. The second-order valence-electron chi connectivity index (χ2n) is 2.90. The summed E-state index contributed by atoms with van der Waals surface area (Å²) in [5.74, 6) is 1.03. The Hall–Kier alpha value is -1.74. The van der Waals surface area contributed by atoms with E-state index in [0.29, 0.717) is 19.8 Å². The number of carboxylic acid groups (broad SMARTS) is 1. The number of aliphatic carboxylic acids is 1. The third kappa shape index (κ3) is 6.68. The largest absolute Gasteiger partial charge is 0.480 e. The van der Waals surface area contributed by atoms with E-state index >= 15 is 0 Å². The van der Waals surface area contributed by atoms with E-state index < -0.39 is 18.0 Å². The summed E-state index contributed by atoms with van der Waals surface area (Å²) in [4.78, 5) is 21.8. The molecule has 6 heteroatoms. The van der Waals surface area contributed by atoms with Crippen LogP contribution in [0, 0.1) is 12.3 Å². The maximum Gasteiger partial charge on any atom is 0.327 e.